The molecule has 0 bridgehead atoms. The van der Waals surface area contributed by atoms with Crippen LogP contribution in [-0.4, -0.2) is 25.3 Å². The molecule has 1 heterocycles. The zero-order chi connectivity index (χ0) is 8.10. The Morgan fingerprint density at radius 2 is 1.91 bits per heavy atom. The Hall–Kier alpha value is -0.0800. The van der Waals surface area contributed by atoms with E-state index in [1.54, 1.807) is 0 Å². The van der Waals surface area contributed by atoms with Crippen molar-refractivity contribution in [2.45, 2.75) is 45.3 Å². The fourth-order valence-electron chi connectivity index (χ4n) is 1.39. The molecule has 0 saturated carbocycles. The molecule has 1 fully saturated rings. The van der Waals surface area contributed by atoms with Crippen LogP contribution in [0.2, 0.25) is 0 Å². The third kappa shape index (κ3) is 3.21. The van der Waals surface area contributed by atoms with E-state index in [1.165, 1.54) is 19.3 Å². The maximum Gasteiger partial charge on any atom is 0.0854 e. The van der Waals surface area contributed by atoms with Crippen LogP contribution >= 0.6 is 0 Å². The van der Waals surface area contributed by atoms with Crippen molar-refractivity contribution >= 4 is 0 Å². The van der Waals surface area contributed by atoms with Gasteiger partial charge in [0.05, 0.1) is 12.2 Å². The molecule has 0 aromatic carbocycles. The monoisotopic (exact) mass is 157 g/mol. The molecule has 2 heteroatoms. The van der Waals surface area contributed by atoms with E-state index < -0.39 is 0 Å². The zero-order valence-electron chi connectivity index (χ0n) is 7.60. The highest BCUT2D eigenvalue weighted by atomic mass is 16.6. The molecule has 66 valence electrons. The van der Waals surface area contributed by atoms with E-state index in [4.69, 9.17) is 4.74 Å². The van der Waals surface area contributed by atoms with Crippen LogP contribution < -0.4 is 5.32 Å². The maximum atomic E-state index is 5.46. The molecule has 0 aliphatic carbocycles. The second-order valence-electron chi connectivity index (χ2n) is 3.14. The van der Waals surface area contributed by atoms with Crippen molar-refractivity contribution in [2.75, 3.05) is 13.1 Å². The van der Waals surface area contributed by atoms with Gasteiger partial charge in [-0.3, -0.25) is 0 Å². The van der Waals surface area contributed by atoms with E-state index in [0.29, 0.717) is 12.2 Å². The molecule has 0 spiro atoms. The molecule has 1 N–H and O–H groups in total. The summed E-state index contributed by atoms with van der Waals surface area (Å²) in [5.74, 6) is 0. The molecule has 0 aromatic rings. The van der Waals surface area contributed by atoms with Crippen LogP contribution in [0.15, 0.2) is 0 Å². The predicted molar refractivity (Wildman–Crippen MR) is 46.7 cm³/mol. The third-order valence-electron chi connectivity index (χ3n) is 2.12. The Morgan fingerprint density at radius 1 is 1.18 bits per heavy atom. The van der Waals surface area contributed by atoms with Crippen molar-refractivity contribution in [2.24, 2.45) is 0 Å². The molecule has 2 nitrogen and oxygen atoms in total. The molecule has 1 aliphatic rings. The van der Waals surface area contributed by atoms with Crippen LogP contribution in [0.4, 0.5) is 0 Å². The van der Waals surface area contributed by atoms with Crippen LogP contribution in [0.25, 0.3) is 0 Å². The van der Waals surface area contributed by atoms with Crippen LogP contribution in [0.3, 0.4) is 0 Å². The molecule has 0 amide bonds. The Morgan fingerprint density at radius 3 is 2.55 bits per heavy atom. The summed E-state index contributed by atoms with van der Waals surface area (Å²) in [6.07, 6.45) is 4.87. The van der Waals surface area contributed by atoms with Crippen molar-refractivity contribution < 1.29 is 4.74 Å². The average molecular weight is 157 g/mol. The minimum atomic E-state index is 0.578. The lowest BCUT2D eigenvalue weighted by Crippen LogP contribution is -2.16. The number of ether oxygens (including phenoxy) is 1. The van der Waals surface area contributed by atoms with Crippen molar-refractivity contribution in [3.05, 3.63) is 0 Å². The van der Waals surface area contributed by atoms with Crippen molar-refractivity contribution in [1.29, 1.82) is 0 Å². The first kappa shape index (κ1) is 9.01. The average Bonchev–Trinajstić information content (AvgIpc) is 2.70. The molecule has 0 radical (unpaired) electrons. The van der Waals surface area contributed by atoms with Gasteiger partial charge in [-0.25, -0.2) is 0 Å². The zero-order valence-corrected chi connectivity index (χ0v) is 7.60. The fraction of sp³-hybridized carbons (Fsp3) is 1.00. The Bertz CT molecular complexity index is 106. The van der Waals surface area contributed by atoms with Crippen LogP contribution in [0.1, 0.15) is 33.1 Å². The standard InChI is InChI=1S/C9H19NO/c1-3-5-8-9(11-8)6-7-10-4-2/h8-10H,3-7H2,1-2H3. The van der Waals surface area contributed by atoms with Crippen molar-refractivity contribution in [3.63, 3.8) is 0 Å². The first-order chi connectivity index (χ1) is 5.38. The summed E-state index contributed by atoms with van der Waals surface area (Å²) >= 11 is 0. The summed E-state index contributed by atoms with van der Waals surface area (Å²) in [5.41, 5.74) is 0. The van der Waals surface area contributed by atoms with Gasteiger partial charge in [0.25, 0.3) is 0 Å². The quantitative estimate of drug-likeness (QED) is 0.467. The van der Waals surface area contributed by atoms with Gasteiger partial charge in [-0.1, -0.05) is 20.3 Å². The summed E-state index contributed by atoms with van der Waals surface area (Å²) in [7, 11) is 0. The Kier molecular flexibility index (Phi) is 3.87. The molecule has 1 aliphatic heterocycles. The van der Waals surface area contributed by atoms with Gasteiger partial charge < -0.3 is 10.1 Å². The molecule has 1 rings (SSSR count). The second kappa shape index (κ2) is 4.73. The van der Waals surface area contributed by atoms with Gasteiger partial charge in [0.2, 0.25) is 0 Å². The van der Waals surface area contributed by atoms with Crippen LogP contribution in [-0.2, 0) is 4.74 Å². The lowest BCUT2D eigenvalue weighted by molar-refractivity contribution is 0.353. The largest absolute Gasteiger partial charge is 0.370 e. The van der Waals surface area contributed by atoms with E-state index in [0.717, 1.165) is 13.1 Å². The normalized spacial score (nSPS) is 28.9. The van der Waals surface area contributed by atoms with Gasteiger partial charge in [-0.05, 0) is 25.9 Å². The van der Waals surface area contributed by atoms with Gasteiger partial charge in [0, 0.05) is 0 Å². The Balaban J connectivity index is 1.87. The molecular formula is C9H19NO. The van der Waals surface area contributed by atoms with Crippen molar-refractivity contribution in [1.82, 2.24) is 5.32 Å². The first-order valence-corrected chi connectivity index (χ1v) is 4.74. The molecule has 11 heavy (non-hydrogen) atoms. The number of rotatable bonds is 6. The molecule has 2 unspecified atom stereocenters. The maximum absolute atomic E-state index is 5.46. The highest BCUT2D eigenvalue weighted by Crippen LogP contribution is 2.28. The number of hydrogen-bond acceptors (Lipinski definition) is 2. The van der Waals surface area contributed by atoms with Crippen molar-refractivity contribution in [3.8, 4) is 0 Å². The minimum Gasteiger partial charge on any atom is -0.370 e. The number of hydrogen-bond donors (Lipinski definition) is 1. The van der Waals surface area contributed by atoms with E-state index >= 15 is 0 Å². The molecular weight excluding hydrogens is 138 g/mol. The predicted octanol–water partition coefficient (Wildman–Crippen LogP) is 1.55. The number of nitrogens with one attached hydrogen (secondary N) is 1. The van der Waals surface area contributed by atoms with Gasteiger partial charge in [0.1, 0.15) is 0 Å². The summed E-state index contributed by atoms with van der Waals surface area (Å²) in [6.45, 7) is 6.53. The van der Waals surface area contributed by atoms with Gasteiger partial charge in [-0.2, -0.15) is 0 Å². The van der Waals surface area contributed by atoms with E-state index in [2.05, 4.69) is 19.2 Å². The fourth-order valence-corrected chi connectivity index (χ4v) is 1.39. The lowest BCUT2D eigenvalue weighted by atomic mass is 10.1. The van der Waals surface area contributed by atoms with E-state index in [-0.39, 0.29) is 0 Å². The highest BCUT2D eigenvalue weighted by Gasteiger charge is 2.36. The van der Waals surface area contributed by atoms with Crippen LogP contribution in [0.5, 0.6) is 0 Å². The summed E-state index contributed by atoms with van der Waals surface area (Å²) < 4.78 is 5.46. The number of epoxide rings is 1. The summed E-state index contributed by atoms with van der Waals surface area (Å²) in [6, 6.07) is 0. The second-order valence-corrected chi connectivity index (χ2v) is 3.14. The summed E-state index contributed by atoms with van der Waals surface area (Å²) in [5, 5.41) is 3.30. The SMILES string of the molecule is CCCC1OC1CCNCC. The Labute approximate surface area is 69.3 Å². The van der Waals surface area contributed by atoms with Gasteiger partial charge in [0.15, 0.2) is 0 Å². The van der Waals surface area contributed by atoms with E-state index in [1.807, 2.05) is 0 Å². The lowest BCUT2D eigenvalue weighted by Gasteiger charge is -1.96. The van der Waals surface area contributed by atoms with E-state index in [9.17, 15) is 0 Å². The highest BCUT2D eigenvalue weighted by molar-refractivity contribution is 4.84. The first-order valence-electron chi connectivity index (χ1n) is 4.74. The summed E-state index contributed by atoms with van der Waals surface area (Å²) in [4.78, 5) is 0. The molecule has 1 saturated heterocycles. The van der Waals surface area contributed by atoms with Gasteiger partial charge >= 0.3 is 0 Å². The topological polar surface area (TPSA) is 24.6 Å². The van der Waals surface area contributed by atoms with Crippen LogP contribution in [0, 0.1) is 0 Å². The molecule has 0 aromatic heterocycles. The van der Waals surface area contributed by atoms with Gasteiger partial charge in [-0.15, -0.1) is 0 Å². The molecule has 2 atom stereocenters. The third-order valence-corrected chi connectivity index (χ3v) is 2.12. The smallest absolute Gasteiger partial charge is 0.0854 e. The minimum absolute atomic E-state index is 0.578.